The maximum Gasteiger partial charge on any atom is 0.315 e. The summed E-state index contributed by atoms with van der Waals surface area (Å²) in [6, 6.07) is 7.65. The van der Waals surface area contributed by atoms with Gasteiger partial charge in [0.05, 0.1) is 25.5 Å². The number of benzene rings is 1. The molecule has 5 nitrogen and oxygen atoms in total. The number of carbonyl (C=O) groups excluding carboxylic acids is 1. The summed E-state index contributed by atoms with van der Waals surface area (Å²) < 4.78 is 9.75. The first-order valence-electron chi connectivity index (χ1n) is 6.01. The van der Waals surface area contributed by atoms with E-state index in [1.807, 2.05) is 24.3 Å². The first-order valence-corrected chi connectivity index (χ1v) is 7.17. The van der Waals surface area contributed by atoms with Crippen molar-refractivity contribution < 1.29 is 14.3 Å². The zero-order chi connectivity index (χ0) is 14.5. The molecule has 0 saturated heterocycles. The van der Waals surface area contributed by atoms with Gasteiger partial charge in [0, 0.05) is 22.8 Å². The summed E-state index contributed by atoms with van der Waals surface area (Å²) in [7, 11) is 2.99. The van der Waals surface area contributed by atoms with Gasteiger partial charge in [-0.25, -0.2) is 4.98 Å². The predicted octanol–water partition coefficient (Wildman–Crippen LogP) is 2.23. The van der Waals surface area contributed by atoms with Gasteiger partial charge in [-0.2, -0.15) is 0 Å². The van der Waals surface area contributed by atoms with Gasteiger partial charge in [0.25, 0.3) is 0 Å². The number of pyridine rings is 1. The molecule has 0 unspecified atom stereocenters. The first-order chi connectivity index (χ1) is 9.63. The number of esters is 1. The van der Waals surface area contributed by atoms with Crippen LogP contribution in [0.3, 0.4) is 0 Å². The quantitative estimate of drug-likeness (QED) is 0.852. The van der Waals surface area contributed by atoms with Crippen molar-refractivity contribution in [1.82, 2.24) is 4.98 Å². The fraction of sp³-hybridized carbons (Fsp3) is 0.286. The lowest BCUT2D eigenvalue weighted by atomic mass is 10.1. The Morgan fingerprint density at radius 3 is 2.85 bits per heavy atom. The summed E-state index contributed by atoms with van der Waals surface area (Å²) in [5.74, 6) is 1.90. The molecule has 0 aliphatic heterocycles. The Labute approximate surface area is 121 Å². The number of nitrogens with zero attached hydrogens (tertiary/aromatic N) is 1. The molecule has 0 saturated carbocycles. The van der Waals surface area contributed by atoms with E-state index in [1.54, 1.807) is 7.11 Å². The molecular weight excluding hydrogens is 276 g/mol. The van der Waals surface area contributed by atoms with Crippen molar-refractivity contribution in [2.75, 3.05) is 25.7 Å². The highest BCUT2D eigenvalue weighted by molar-refractivity contribution is 7.99. The van der Waals surface area contributed by atoms with E-state index in [9.17, 15) is 4.79 Å². The molecule has 2 N–H and O–H groups in total. The van der Waals surface area contributed by atoms with Gasteiger partial charge in [0.15, 0.2) is 0 Å². The fourth-order valence-corrected chi connectivity index (χ4v) is 2.59. The van der Waals surface area contributed by atoms with E-state index in [-0.39, 0.29) is 5.97 Å². The van der Waals surface area contributed by atoms with Crippen LogP contribution in [0, 0.1) is 0 Å². The molecule has 2 aromatic rings. The number of methoxy groups -OCH3 is 2. The standard InChI is InChI=1S/C14H16N2O3S/c1-18-11-4-3-9-5-10(7-20-8-13(17)19-2)14(15)16-12(9)6-11/h3-6H,7-8H2,1-2H3,(H2,15,16). The lowest BCUT2D eigenvalue weighted by molar-refractivity contribution is -0.137. The molecule has 0 amide bonds. The number of thioether (sulfide) groups is 1. The van der Waals surface area contributed by atoms with Gasteiger partial charge in [-0.3, -0.25) is 4.79 Å². The van der Waals surface area contributed by atoms with Crippen molar-refractivity contribution in [3.8, 4) is 5.75 Å². The van der Waals surface area contributed by atoms with E-state index in [4.69, 9.17) is 10.5 Å². The molecule has 20 heavy (non-hydrogen) atoms. The number of fused-ring (bicyclic) bond motifs is 1. The second-order valence-electron chi connectivity index (χ2n) is 4.16. The number of hydrogen-bond donors (Lipinski definition) is 1. The van der Waals surface area contributed by atoms with Gasteiger partial charge in [0.2, 0.25) is 0 Å². The van der Waals surface area contributed by atoms with Crippen LogP contribution in [0.15, 0.2) is 24.3 Å². The lowest BCUT2D eigenvalue weighted by Gasteiger charge is -2.08. The van der Waals surface area contributed by atoms with Crippen molar-refractivity contribution >= 4 is 34.5 Å². The molecule has 1 heterocycles. The van der Waals surface area contributed by atoms with E-state index in [0.29, 0.717) is 17.3 Å². The lowest BCUT2D eigenvalue weighted by Crippen LogP contribution is -2.04. The van der Waals surface area contributed by atoms with Crippen LogP contribution < -0.4 is 10.5 Å². The molecule has 0 atom stereocenters. The SMILES string of the molecule is COC(=O)CSCc1cc2ccc(OC)cc2nc1N. The molecule has 106 valence electrons. The third-order valence-corrected chi connectivity index (χ3v) is 3.80. The van der Waals surface area contributed by atoms with Crippen LogP contribution in [0.25, 0.3) is 10.9 Å². The second-order valence-corrected chi connectivity index (χ2v) is 5.15. The Morgan fingerprint density at radius 2 is 2.15 bits per heavy atom. The zero-order valence-electron chi connectivity index (χ0n) is 11.4. The number of aromatic nitrogens is 1. The van der Waals surface area contributed by atoms with Crippen LogP contribution in [0.1, 0.15) is 5.56 Å². The average molecular weight is 292 g/mol. The largest absolute Gasteiger partial charge is 0.497 e. The van der Waals surface area contributed by atoms with Crippen LogP contribution in [-0.4, -0.2) is 30.9 Å². The number of anilines is 1. The van der Waals surface area contributed by atoms with Crippen molar-refractivity contribution in [1.29, 1.82) is 0 Å². The van der Waals surface area contributed by atoms with Gasteiger partial charge in [-0.05, 0) is 18.2 Å². The zero-order valence-corrected chi connectivity index (χ0v) is 12.2. The summed E-state index contributed by atoms with van der Waals surface area (Å²) in [5.41, 5.74) is 7.65. The Bertz CT molecular complexity index is 631. The van der Waals surface area contributed by atoms with Crippen LogP contribution in [0.4, 0.5) is 5.82 Å². The average Bonchev–Trinajstić information content (AvgIpc) is 2.46. The van der Waals surface area contributed by atoms with Crippen molar-refractivity contribution in [2.45, 2.75) is 5.75 Å². The minimum atomic E-state index is -0.243. The maximum atomic E-state index is 11.1. The highest BCUT2D eigenvalue weighted by Crippen LogP contribution is 2.25. The molecule has 0 radical (unpaired) electrons. The highest BCUT2D eigenvalue weighted by Gasteiger charge is 2.07. The molecule has 0 bridgehead atoms. The van der Waals surface area contributed by atoms with Gasteiger partial charge < -0.3 is 15.2 Å². The number of hydrogen-bond acceptors (Lipinski definition) is 6. The van der Waals surface area contributed by atoms with Crippen molar-refractivity contribution in [3.63, 3.8) is 0 Å². The minimum Gasteiger partial charge on any atom is -0.497 e. The summed E-state index contributed by atoms with van der Waals surface area (Å²) >= 11 is 1.45. The topological polar surface area (TPSA) is 74.4 Å². The Hall–Kier alpha value is -1.95. The molecule has 0 aliphatic rings. The van der Waals surface area contributed by atoms with Gasteiger partial charge in [-0.1, -0.05) is 0 Å². The normalized spacial score (nSPS) is 10.5. The monoisotopic (exact) mass is 292 g/mol. The van der Waals surface area contributed by atoms with Crippen molar-refractivity contribution in [2.24, 2.45) is 0 Å². The van der Waals surface area contributed by atoms with Crippen LogP contribution >= 0.6 is 11.8 Å². The van der Waals surface area contributed by atoms with E-state index in [2.05, 4.69) is 9.72 Å². The molecule has 0 spiro atoms. The minimum absolute atomic E-state index is 0.243. The molecule has 1 aromatic carbocycles. The van der Waals surface area contributed by atoms with Gasteiger partial charge in [0.1, 0.15) is 11.6 Å². The Balaban J connectivity index is 2.18. The first kappa shape index (κ1) is 14.5. The molecule has 6 heteroatoms. The number of carbonyl (C=O) groups is 1. The third-order valence-electron chi connectivity index (χ3n) is 2.84. The van der Waals surface area contributed by atoms with Crippen LogP contribution in [-0.2, 0) is 15.3 Å². The number of rotatable bonds is 5. The van der Waals surface area contributed by atoms with Crippen LogP contribution in [0.2, 0.25) is 0 Å². The predicted molar refractivity (Wildman–Crippen MR) is 80.9 cm³/mol. The van der Waals surface area contributed by atoms with E-state index in [0.717, 1.165) is 22.2 Å². The second kappa shape index (κ2) is 6.47. The molecule has 0 aliphatic carbocycles. The summed E-state index contributed by atoms with van der Waals surface area (Å²) in [4.78, 5) is 15.4. The Morgan fingerprint density at radius 1 is 1.35 bits per heavy atom. The maximum absolute atomic E-state index is 11.1. The highest BCUT2D eigenvalue weighted by atomic mass is 32.2. The number of nitrogen functional groups attached to an aromatic ring is 1. The molecule has 2 rings (SSSR count). The van der Waals surface area contributed by atoms with Gasteiger partial charge in [-0.15, -0.1) is 11.8 Å². The number of nitrogens with two attached hydrogens (primary N) is 1. The van der Waals surface area contributed by atoms with Crippen LogP contribution in [0.5, 0.6) is 5.75 Å². The van der Waals surface area contributed by atoms with Crippen molar-refractivity contribution in [3.05, 3.63) is 29.8 Å². The summed E-state index contributed by atoms with van der Waals surface area (Å²) in [5, 5.41) is 0.994. The van der Waals surface area contributed by atoms with E-state index >= 15 is 0 Å². The molecular formula is C14H16N2O3S. The number of ether oxygens (including phenoxy) is 2. The third kappa shape index (κ3) is 3.33. The summed E-state index contributed by atoms with van der Waals surface area (Å²) in [6.07, 6.45) is 0. The van der Waals surface area contributed by atoms with E-state index < -0.39 is 0 Å². The molecule has 0 fully saturated rings. The summed E-state index contributed by atoms with van der Waals surface area (Å²) in [6.45, 7) is 0. The van der Waals surface area contributed by atoms with E-state index in [1.165, 1.54) is 18.9 Å². The molecule has 1 aromatic heterocycles. The van der Waals surface area contributed by atoms with Gasteiger partial charge >= 0.3 is 5.97 Å². The smallest absolute Gasteiger partial charge is 0.315 e. The Kier molecular flexibility index (Phi) is 4.68. The fourth-order valence-electron chi connectivity index (χ4n) is 1.75.